The number of carbonyl (C=O) groups is 1. The topological polar surface area (TPSA) is 73.8 Å². The molecule has 0 radical (unpaired) electrons. The van der Waals surface area contributed by atoms with Crippen LogP contribution in [0.5, 0.6) is 0 Å². The summed E-state index contributed by atoms with van der Waals surface area (Å²) in [6.07, 6.45) is 1.28. The van der Waals surface area contributed by atoms with Crippen LogP contribution >= 0.6 is 0 Å². The molecule has 164 valence electrons. The molecule has 1 aliphatic rings. The first-order chi connectivity index (χ1) is 14.3. The second-order valence-electron chi connectivity index (χ2n) is 9.12. The summed E-state index contributed by atoms with van der Waals surface area (Å²) in [5.41, 5.74) is 0.877. The van der Waals surface area contributed by atoms with E-state index in [4.69, 9.17) is 4.74 Å². The number of carbonyl (C=O) groups excluding carboxylic acids is 1. The summed E-state index contributed by atoms with van der Waals surface area (Å²) in [5, 5.41) is 18.6. The Bertz CT molecular complexity index is 821. The maximum absolute atomic E-state index is 12.4. The molecule has 0 bridgehead atoms. The molecule has 1 aliphatic heterocycles. The fraction of sp³-hybridized carbons (Fsp3) is 0.542. The number of urea groups is 1. The van der Waals surface area contributed by atoms with Gasteiger partial charge in [-0.05, 0) is 49.9 Å². The third-order valence-corrected chi connectivity index (χ3v) is 5.42. The van der Waals surface area contributed by atoms with Gasteiger partial charge in [0.15, 0.2) is 0 Å². The third-order valence-electron chi connectivity index (χ3n) is 5.42. The highest BCUT2D eigenvalue weighted by molar-refractivity contribution is 5.86. The Hall–Kier alpha value is -2.15. The van der Waals surface area contributed by atoms with Crippen molar-refractivity contribution in [3.63, 3.8) is 0 Å². The SMILES string of the molecule is CC(C)(C)OCC(O)CN1CCC(NC(=O)NCc2cccc3ccccc23)CC1. The quantitative estimate of drug-likeness (QED) is 0.651. The number of hydrogen-bond acceptors (Lipinski definition) is 4. The highest BCUT2D eigenvalue weighted by atomic mass is 16.5. The molecule has 3 rings (SSSR count). The number of hydrogen-bond donors (Lipinski definition) is 3. The standard InChI is InChI=1S/C24H35N3O3/c1-24(2,3)30-17-21(28)16-27-13-11-20(12-14-27)26-23(29)25-15-19-9-6-8-18-7-4-5-10-22(18)19/h4-10,20-21,28H,11-17H2,1-3H3,(H2,25,26,29). The largest absolute Gasteiger partial charge is 0.389 e. The van der Waals surface area contributed by atoms with Crippen LogP contribution in [0.1, 0.15) is 39.2 Å². The Morgan fingerprint density at radius 3 is 2.60 bits per heavy atom. The van der Waals surface area contributed by atoms with Crippen LogP contribution in [0.15, 0.2) is 42.5 Å². The second-order valence-corrected chi connectivity index (χ2v) is 9.12. The molecule has 2 aromatic carbocycles. The van der Waals surface area contributed by atoms with Gasteiger partial charge in [-0.2, -0.15) is 0 Å². The Labute approximate surface area is 179 Å². The summed E-state index contributed by atoms with van der Waals surface area (Å²) in [6, 6.07) is 14.4. The van der Waals surface area contributed by atoms with E-state index in [9.17, 15) is 9.90 Å². The Morgan fingerprint density at radius 2 is 1.87 bits per heavy atom. The lowest BCUT2D eigenvalue weighted by molar-refractivity contribution is -0.0574. The monoisotopic (exact) mass is 413 g/mol. The number of β-amino-alcohol motifs (C(OH)–C–C–N with tert-alkyl or cyclic N) is 1. The minimum atomic E-state index is -0.488. The fourth-order valence-electron chi connectivity index (χ4n) is 3.82. The summed E-state index contributed by atoms with van der Waals surface area (Å²) >= 11 is 0. The number of rotatable bonds is 7. The number of nitrogens with zero attached hydrogens (tertiary/aromatic N) is 1. The zero-order chi connectivity index (χ0) is 21.6. The van der Waals surface area contributed by atoms with Gasteiger partial charge in [-0.1, -0.05) is 42.5 Å². The van der Waals surface area contributed by atoms with Gasteiger partial charge in [-0.25, -0.2) is 4.79 Å². The van der Waals surface area contributed by atoms with Crippen molar-refractivity contribution in [2.24, 2.45) is 0 Å². The summed E-state index contributed by atoms with van der Waals surface area (Å²) in [5.74, 6) is 0. The summed E-state index contributed by atoms with van der Waals surface area (Å²) in [4.78, 5) is 14.6. The van der Waals surface area contributed by atoms with Gasteiger partial charge in [-0.15, -0.1) is 0 Å². The summed E-state index contributed by atoms with van der Waals surface area (Å²) in [7, 11) is 0. The van der Waals surface area contributed by atoms with Crippen LogP contribution in [0.25, 0.3) is 10.8 Å². The lowest BCUT2D eigenvalue weighted by atomic mass is 10.0. The molecule has 2 aromatic rings. The minimum Gasteiger partial charge on any atom is -0.389 e. The Morgan fingerprint density at radius 1 is 1.17 bits per heavy atom. The molecular formula is C24H35N3O3. The number of ether oxygens (including phenoxy) is 1. The molecule has 1 fully saturated rings. The van der Waals surface area contributed by atoms with Gasteiger partial charge in [0.1, 0.15) is 0 Å². The predicted molar refractivity (Wildman–Crippen MR) is 120 cm³/mol. The van der Waals surface area contributed by atoms with Crippen molar-refractivity contribution in [2.45, 2.75) is 57.9 Å². The third kappa shape index (κ3) is 6.97. The molecule has 1 unspecified atom stereocenters. The molecule has 6 heteroatoms. The van der Waals surface area contributed by atoms with Crippen LogP contribution in [-0.2, 0) is 11.3 Å². The van der Waals surface area contributed by atoms with E-state index in [0.29, 0.717) is 19.7 Å². The van der Waals surface area contributed by atoms with Crippen LogP contribution in [-0.4, -0.2) is 60.0 Å². The van der Waals surface area contributed by atoms with Gasteiger partial charge >= 0.3 is 6.03 Å². The van der Waals surface area contributed by atoms with Crippen molar-refractivity contribution in [3.8, 4) is 0 Å². The molecule has 1 heterocycles. The van der Waals surface area contributed by atoms with Crippen LogP contribution < -0.4 is 10.6 Å². The number of fused-ring (bicyclic) bond motifs is 1. The van der Waals surface area contributed by atoms with E-state index in [-0.39, 0.29) is 17.7 Å². The average Bonchev–Trinajstić information content (AvgIpc) is 2.72. The van der Waals surface area contributed by atoms with E-state index in [1.54, 1.807) is 0 Å². The molecule has 1 saturated heterocycles. The molecule has 0 saturated carbocycles. The summed E-state index contributed by atoms with van der Waals surface area (Å²) in [6.45, 7) is 9.15. The van der Waals surface area contributed by atoms with Crippen molar-refractivity contribution >= 4 is 16.8 Å². The fourth-order valence-corrected chi connectivity index (χ4v) is 3.82. The Balaban J connectivity index is 1.38. The predicted octanol–water partition coefficient (Wildman–Crippen LogP) is 3.28. The van der Waals surface area contributed by atoms with E-state index in [1.807, 2.05) is 39.0 Å². The highest BCUT2D eigenvalue weighted by Gasteiger charge is 2.23. The number of amides is 2. The first-order valence-corrected chi connectivity index (χ1v) is 10.9. The molecule has 1 atom stereocenters. The van der Waals surface area contributed by atoms with Crippen molar-refractivity contribution in [1.29, 1.82) is 0 Å². The van der Waals surface area contributed by atoms with Crippen LogP contribution in [0.4, 0.5) is 4.79 Å². The number of aliphatic hydroxyl groups is 1. The van der Waals surface area contributed by atoms with E-state index in [0.717, 1.165) is 31.5 Å². The molecule has 3 N–H and O–H groups in total. The van der Waals surface area contributed by atoms with Crippen molar-refractivity contribution in [1.82, 2.24) is 15.5 Å². The van der Waals surface area contributed by atoms with Crippen LogP contribution in [0, 0.1) is 0 Å². The lowest BCUT2D eigenvalue weighted by Crippen LogP contribution is -2.49. The lowest BCUT2D eigenvalue weighted by Gasteiger charge is -2.34. The smallest absolute Gasteiger partial charge is 0.315 e. The minimum absolute atomic E-state index is 0.125. The van der Waals surface area contributed by atoms with Crippen molar-refractivity contribution in [3.05, 3.63) is 48.0 Å². The normalized spacial score (nSPS) is 17.1. The zero-order valence-corrected chi connectivity index (χ0v) is 18.4. The molecule has 0 aliphatic carbocycles. The molecule has 0 aromatic heterocycles. The number of piperidine rings is 1. The highest BCUT2D eigenvalue weighted by Crippen LogP contribution is 2.18. The number of nitrogens with one attached hydrogen (secondary N) is 2. The maximum atomic E-state index is 12.4. The van der Waals surface area contributed by atoms with E-state index < -0.39 is 6.10 Å². The number of benzene rings is 2. The maximum Gasteiger partial charge on any atom is 0.315 e. The van der Waals surface area contributed by atoms with Crippen LogP contribution in [0.3, 0.4) is 0 Å². The second kappa shape index (κ2) is 10.2. The number of aliphatic hydroxyl groups excluding tert-OH is 1. The van der Waals surface area contributed by atoms with E-state index in [1.165, 1.54) is 10.8 Å². The first-order valence-electron chi connectivity index (χ1n) is 10.9. The van der Waals surface area contributed by atoms with Crippen molar-refractivity contribution in [2.75, 3.05) is 26.2 Å². The van der Waals surface area contributed by atoms with Gasteiger partial charge in [0.25, 0.3) is 0 Å². The molecule has 6 nitrogen and oxygen atoms in total. The zero-order valence-electron chi connectivity index (χ0n) is 18.4. The van der Waals surface area contributed by atoms with E-state index in [2.05, 4.69) is 39.8 Å². The molecule has 30 heavy (non-hydrogen) atoms. The van der Waals surface area contributed by atoms with Crippen LogP contribution in [0.2, 0.25) is 0 Å². The van der Waals surface area contributed by atoms with Crippen molar-refractivity contribution < 1.29 is 14.6 Å². The van der Waals surface area contributed by atoms with Gasteiger partial charge < -0.3 is 25.4 Å². The number of likely N-dealkylation sites (tertiary alicyclic amines) is 1. The van der Waals surface area contributed by atoms with E-state index >= 15 is 0 Å². The van der Waals surface area contributed by atoms with Gasteiger partial charge in [0, 0.05) is 32.2 Å². The molecule has 0 spiro atoms. The van der Waals surface area contributed by atoms with Gasteiger partial charge in [0.05, 0.1) is 18.3 Å². The van der Waals surface area contributed by atoms with Gasteiger partial charge in [-0.3, -0.25) is 0 Å². The average molecular weight is 414 g/mol. The first kappa shape index (κ1) is 22.5. The van der Waals surface area contributed by atoms with Gasteiger partial charge in [0.2, 0.25) is 0 Å². The molecule has 2 amide bonds. The Kier molecular flexibility index (Phi) is 7.69. The summed E-state index contributed by atoms with van der Waals surface area (Å²) < 4.78 is 5.65. The molecular weight excluding hydrogens is 378 g/mol.